The molecule has 1 heterocycles. The zero-order chi connectivity index (χ0) is 13.3. The summed E-state index contributed by atoms with van der Waals surface area (Å²) < 4.78 is 0. The van der Waals surface area contributed by atoms with Crippen molar-refractivity contribution < 1.29 is 4.79 Å². The third-order valence-corrected chi connectivity index (χ3v) is 3.08. The molecule has 18 heavy (non-hydrogen) atoms. The first-order valence-electron chi connectivity index (χ1n) is 6.32. The maximum absolute atomic E-state index is 12.0. The summed E-state index contributed by atoms with van der Waals surface area (Å²) in [6.45, 7) is 5.05. The highest BCUT2D eigenvalue weighted by atomic mass is 16.2. The molecule has 0 spiro atoms. The molecule has 0 radical (unpaired) electrons. The van der Waals surface area contributed by atoms with Crippen LogP contribution >= 0.6 is 0 Å². The van der Waals surface area contributed by atoms with Crippen LogP contribution in [0.5, 0.6) is 0 Å². The number of rotatable bonds is 4. The molecule has 0 bridgehead atoms. The highest BCUT2D eigenvalue weighted by molar-refractivity contribution is 6.01. The van der Waals surface area contributed by atoms with Crippen LogP contribution in [0.15, 0.2) is 18.2 Å². The molecule has 2 rings (SSSR count). The molecule has 0 aromatic heterocycles. The first-order chi connectivity index (χ1) is 8.40. The van der Waals surface area contributed by atoms with Gasteiger partial charge in [-0.3, -0.25) is 4.79 Å². The first kappa shape index (κ1) is 13.1. The van der Waals surface area contributed by atoms with Crippen molar-refractivity contribution in [3.63, 3.8) is 0 Å². The predicted octanol–water partition coefficient (Wildman–Crippen LogP) is 0.814. The van der Waals surface area contributed by atoms with Crippen molar-refractivity contribution in [3.05, 3.63) is 29.3 Å². The highest BCUT2D eigenvalue weighted by Gasteiger charge is 2.30. The second-order valence-electron chi connectivity index (χ2n) is 5.65. The smallest absolute Gasteiger partial charge is 0.231 e. The number of anilines is 1. The molecule has 1 aliphatic heterocycles. The van der Waals surface area contributed by atoms with E-state index in [9.17, 15) is 4.79 Å². The molecule has 0 saturated carbocycles. The van der Waals surface area contributed by atoms with E-state index in [-0.39, 0.29) is 11.4 Å². The van der Waals surface area contributed by atoms with E-state index in [0.29, 0.717) is 19.5 Å². The lowest BCUT2D eigenvalue weighted by atomic mass is 10.0. The number of carbonyl (C=O) groups excluding carboxylic acids is 1. The van der Waals surface area contributed by atoms with Crippen LogP contribution in [0.3, 0.4) is 0 Å². The van der Waals surface area contributed by atoms with Gasteiger partial charge in [-0.15, -0.1) is 0 Å². The van der Waals surface area contributed by atoms with Crippen LogP contribution in [0.1, 0.15) is 25.0 Å². The highest BCUT2D eigenvalue weighted by Crippen LogP contribution is 2.30. The number of hydrogen-bond donors (Lipinski definition) is 2. The Morgan fingerprint density at radius 3 is 2.72 bits per heavy atom. The number of carbonyl (C=O) groups is 1. The Morgan fingerprint density at radius 1 is 1.39 bits per heavy atom. The van der Waals surface area contributed by atoms with E-state index >= 15 is 0 Å². The van der Waals surface area contributed by atoms with E-state index in [0.717, 1.165) is 17.7 Å². The van der Waals surface area contributed by atoms with Gasteiger partial charge < -0.3 is 16.4 Å². The second-order valence-corrected chi connectivity index (χ2v) is 5.65. The Kier molecular flexibility index (Phi) is 3.41. The Balaban J connectivity index is 2.26. The molecule has 4 nitrogen and oxygen atoms in total. The van der Waals surface area contributed by atoms with Crippen molar-refractivity contribution >= 4 is 11.6 Å². The second kappa shape index (κ2) is 4.71. The fourth-order valence-corrected chi connectivity index (χ4v) is 2.34. The molecular formula is C14H21N3O. The molecule has 1 aliphatic rings. The van der Waals surface area contributed by atoms with Crippen LogP contribution in [0.4, 0.5) is 5.69 Å². The van der Waals surface area contributed by atoms with Gasteiger partial charge in [0.15, 0.2) is 0 Å². The number of hydrogen-bond acceptors (Lipinski definition) is 3. The molecule has 0 aliphatic carbocycles. The zero-order valence-electron chi connectivity index (χ0n) is 11.1. The number of nitrogens with zero attached hydrogens (tertiary/aromatic N) is 1. The number of amides is 1. The predicted molar refractivity (Wildman–Crippen MR) is 73.5 cm³/mol. The molecule has 0 atom stereocenters. The quantitative estimate of drug-likeness (QED) is 0.827. The number of benzene rings is 1. The minimum atomic E-state index is -0.382. The van der Waals surface area contributed by atoms with Crippen LogP contribution in [0.2, 0.25) is 0 Å². The van der Waals surface area contributed by atoms with Gasteiger partial charge in [-0.2, -0.15) is 0 Å². The lowest BCUT2D eigenvalue weighted by molar-refractivity contribution is -0.117. The molecule has 1 amide bonds. The molecule has 1 aromatic rings. The summed E-state index contributed by atoms with van der Waals surface area (Å²) in [6, 6.07) is 6.14. The van der Waals surface area contributed by atoms with Crippen LogP contribution in [-0.2, 0) is 17.6 Å². The van der Waals surface area contributed by atoms with Gasteiger partial charge in [0.1, 0.15) is 0 Å². The van der Waals surface area contributed by atoms with E-state index < -0.39 is 0 Å². The molecule has 0 saturated heterocycles. The van der Waals surface area contributed by atoms with Crippen molar-refractivity contribution in [2.45, 2.75) is 32.2 Å². The van der Waals surface area contributed by atoms with Gasteiger partial charge in [-0.25, -0.2) is 0 Å². The normalized spacial score (nSPS) is 15.1. The molecule has 1 aromatic carbocycles. The van der Waals surface area contributed by atoms with E-state index in [1.54, 1.807) is 4.90 Å². The van der Waals surface area contributed by atoms with Crippen LogP contribution in [-0.4, -0.2) is 24.5 Å². The molecule has 98 valence electrons. The fourth-order valence-electron chi connectivity index (χ4n) is 2.34. The molecular weight excluding hydrogens is 226 g/mol. The van der Waals surface area contributed by atoms with Gasteiger partial charge in [0, 0.05) is 17.8 Å². The molecule has 4 N–H and O–H groups in total. The Morgan fingerprint density at radius 2 is 2.11 bits per heavy atom. The monoisotopic (exact) mass is 247 g/mol. The van der Waals surface area contributed by atoms with Gasteiger partial charge >= 0.3 is 0 Å². The summed E-state index contributed by atoms with van der Waals surface area (Å²) in [6.07, 6.45) is 1.33. The summed E-state index contributed by atoms with van der Waals surface area (Å²) >= 11 is 0. The summed E-state index contributed by atoms with van der Waals surface area (Å²) in [5.41, 5.74) is 14.5. The topological polar surface area (TPSA) is 72.3 Å². The number of nitrogens with two attached hydrogens (primary N) is 2. The molecule has 4 heteroatoms. The summed E-state index contributed by atoms with van der Waals surface area (Å²) in [4.78, 5) is 13.8. The molecule has 0 fully saturated rings. The zero-order valence-corrected chi connectivity index (χ0v) is 11.1. The number of fused-ring (bicyclic) bond motifs is 1. The van der Waals surface area contributed by atoms with Crippen molar-refractivity contribution in [2.75, 3.05) is 18.0 Å². The SMILES string of the molecule is CC(C)(N)CN1C(=O)Cc2cc(CCN)ccc21. The third kappa shape index (κ3) is 2.71. The lowest BCUT2D eigenvalue weighted by Crippen LogP contribution is -2.46. The lowest BCUT2D eigenvalue weighted by Gasteiger charge is -2.27. The third-order valence-electron chi connectivity index (χ3n) is 3.08. The van der Waals surface area contributed by atoms with Gasteiger partial charge in [-0.05, 0) is 44.0 Å². The maximum atomic E-state index is 12.0. The van der Waals surface area contributed by atoms with Gasteiger partial charge in [0.25, 0.3) is 0 Å². The standard InChI is InChI=1S/C14H21N3O/c1-14(2,16)9-17-12-4-3-10(5-6-15)7-11(12)8-13(17)18/h3-4,7H,5-6,8-9,15-16H2,1-2H3. The van der Waals surface area contributed by atoms with E-state index in [2.05, 4.69) is 6.07 Å². The first-order valence-corrected chi connectivity index (χ1v) is 6.32. The molecule has 0 unspecified atom stereocenters. The summed E-state index contributed by atoms with van der Waals surface area (Å²) in [7, 11) is 0. The van der Waals surface area contributed by atoms with Gasteiger partial charge in [-0.1, -0.05) is 12.1 Å². The Bertz CT molecular complexity index is 463. The van der Waals surface area contributed by atoms with Crippen molar-refractivity contribution in [1.29, 1.82) is 0 Å². The Labute approximate surface area is 108 Å². The summed E-state index contributed by atoms with van der Waals surface area (Å²) in [5, 5.41) is 0. The van der Waals surface area contributed by atoms with Gasteiger partial charge in [0.2, 0.25) is 5.91 Å². The van der Waals surface area contributed by atoms with Crippen molar-refractivity contribution in [2.24, 2.45) is 11.5 Å². The van der Waals surface area contributed by atoms with Crippen LogP contribution in [0, 0.1) is 0 Å². The van der Waals surface area contributed by atoms with E-state index in [1.165, 1.54) is 5.56 Å². The fraction of sp³-hybridized carbons (Fsp3) is 0.500. The Hall–Kier alpha value is -1.39. The maximum Gasteiger partial charge on any atom is 0.231 e. The summed E-state index contributed by atoms with van der Waals surface area (Å²) in [5.74, 6) is 0.133. The van der Waals surface area contributed by atoms with E-state index in [4.69, 9.17) is 11.5 Å². The largest absolute Gasteiger partial charge is 0.330 e. The average Bonchev–Trinajstić information content (AvgIpc) is 2.53. The minimum Gasteiger partial charge on any atom is -0.330 e. The minimum absolute atomic E-state index is 0.133. The van der Waals surface area contributed by atoms with Crippen molar-refractivity contribution in [3.8, 4) is 0 Å². The van der Waals surface area contributed by atoms with Gasteiger partial charge in [0.05, 0.1) is 6.42 Å². The average molecular weight is 247 g/mol. The van der Waals surface area contributed by atoms with Crippen molar-refractivity contribution in [1.82, 2.24) is 0 Å². The van der Waals surface area contributed by atoms with Crippen LogP contribution in [0.25, 0.3) is 0 Å². The van der Waals surface area contributed by atoms with Crippen LogP contribution < -0.4 is 16.4 Å². The van der Waals surface area contributed by atoms with E-state index in [1.807, 2.05) is 26.0 Å².